The highest BCUT2D eigenvalue weighted by atomic mass is 35.5. The number of likely N-dealkylation sites (N-methyl/N-ethyl adjacent to an activating group) is 1. The van der Waals surface area contributed by atoms with Crippen molar-refractivity contribution in [3.8, 4) is 0 Å². The van der Waals surface area contributed by atoms with Crippen LogP contribution in [0.25, 0.3) is 0 Å². The molecule has 0 aliphatic carbocycles. The van der Waals surface area contributed by atoms with Crippen LogP contribution in [0, 0.1) is 5.82 Å². The molecule has 3 nitrogen and oxygen atoms in total. The Balaban J connectivity index is 1.69. The van der Waals surface area contributed by atoms with E-state index in [1.54, 1.807) is 12.1 Å². The van der Waals surface area contributed by atoms with Crippen molar-refractivity contribution in [2.45, 2.75) is 13.0 Å². The van der Waals surface area contributed by atoms with E-state index in [4.69, 9.17) is 11.6 Å². The molecule has 23 heavy (non-hydrogen) atoms. The molecule has 2 aromatic rings. The first-order valence-electron chi connectivity index (χ1n) is 7.47. The normalized spacial score (nSPS) is 10.8. The summed E-state index contributed by atoms with van der Waals surface area (Å²) in [6.45, 7) is 1.49. The second-order valence-electron chi connectivity index (χ2n) is 5.53. The van der Waals surface area contributed by atoms with E-state index in [0.717, 1.165) is 17.5 Å². The minimum Gasteiger partial charge on any atom is -0.355 e. The smallest absolute Gasteiger partial charge is 0.234 e. The fraction of sp³-hybridized carbons (Fsp3) is 0.278. The summed E-state index contributed by atoms with van der Waals surface area (Å²) in [6, 6.07) is 13.9. The van der Waals surface area contributed by atoms with Gasteiger partial charge < -0.3 is 5.32 Å². The fourth-order valence-corrected chi connectivity index (χ4v) is 2.38. The van der Waals surface area contributed by atoms with Crippen molar-refractivity contribution < 1.29 is 9.18 Å². The van der Waals surface area contributed by atoms with E-state index in [9.17, 15) is 9.18 Å². The van der Waals surface area contributed by atoms with Gasteiger partial charge in [-0.05, 0) is 48.9 Å². The lowest BCUT2D eigenvalue weighted by Gasteiger charge is -2.16. The first-order valence-corrected chi connectivity index (χ1v) is 7.85. The first kappa shape index (κ1) is 17.4. The van der Waals surface area contributed by atoms with Gasteiger partial charge in [-0.2, -0.15) is 0 Å². The van der Waals surface area contributed by atoms with Gasteiger partial charge in [0.05, 0.1) is 6.54 Å². The first-order chi connectivity index (χ1) is 11.0. The molecular weight excluding hydrogens is 315 g/mol. The zero-order chi connectivity index (χ0) is 16.7. The second-order valence-corrected chi connectivity index (χ2v) is 5.96. The van der Waals surface area contributed by atoms with Crippen molar-refractivity contribution in [3.05, 3.63) is 70.5 Å². The molecule has 1 N–H and O–H groups in total. The number of benzene rings is 2. The van der Waals surface area contributed by atoms with Gasteiger partial charge in [0.2, 0.25) is 5.91 Å². The van der Waals surface area contributed by atoms with Crippen LogP contribution in [-0.4, -0.2) is 30.9 Å². The van der Waals surface area contributed by atoms with Crippen LogP contribution in [0.1, 0.15) is 11.1 Å². The van der Waals surface area contributed by atoms with Gasteiger partial charge in [0.25, 0.3) is 0 Å². The molecule has 0 saturated carbocycles. The number of amides is 1. The maximum atomic E-state index is 12.9. The Morgan fingerprint density at radius 1 is 1.09 bits per heavy atom. The highest BCUT2D eigenvalue weighted by Crippen LogP contribution is 2.09. The number of hydrogen-bond donors (Lipinski definition) is 1. The number of hydrogen-bond acceptors (Lipinski definition) is 2. The van der Waals surface area contributed by atoms with Crippen molar-refractivity contribution in [3.63, 3.8) is 0 Å². The molecule has 0 heterocycles. The van der Waals surface area contributed by atoms with E-state index in [2.05, 4.69) is 5.32 Å². The highest BCUT2D eigenvalue weighted by Gasteiger charge is 2.07. The average molecular weight is 335 g/mol. The molecule has 5 heteroatoms. The van der Waals surface area contributed by atoms with E-state index >= 15 is 0 Å². The molecule has 0 fully saturated rings. The fourth-order valence-electron chi connectivity index (χ4n) is 2.26. The van der Waals surface area contributed by atoms with Crippen LogP contribution in [0.5, 0.6) is 0 Å². The summed E-state index contributed by atoms with van der Waals surface area (Å²) in [4.78, 5) is 13.8. The summed E-state index contributed by atoms with van der Waals surface area (Å²) in [5.74, 6) is -0.278. The zero-order valence-corrected chi connectivity index (χ0v) is 13.8. The number of halogens is 2. The molecular formula is C18H20ClFN2O. The Labute approximate surface area is 141 Å². The topological polar surface area (TPSA) is 32.3 Å². The minimum atomic E-state index is -0.253. The van der Waals surface area contributed by atoms with Crippen LogP contribution in [0.3, 0.4) is 0 Å². The maximum absolute atomic E-state index is 12.9. The predicted molar refractivity (Wildman–Crippen MR) is 90.9 cm³/mol. The van der Waals surface area contributed by atoms with Crippen LogP contribution in [-0.2, 0) is 17.8 Å². The third-order valence-corrected chi connectivity index (χ3v) is 3.68. The van der Waals surface area contributed by atoms with E-state index in [-0.39, 0.29) is 11.7 Å². The third kappa shape index (κ3) is 6.38. The maximum Gasteiger partial charge on any atom is 0.234 e. The molecule has 0 aliphatic rings. The third-order valence-electron chi connectivity index (χ3n) is 3.43. The molecule has 0 saturated heterocycles. The summed E-state index contributed by atoms with van der Waals surface area (Å²) in [5, 5.41) is 3.61. The van der Waals surface area contributed by atoms with Gasteiger partial charge >= 0.3 is 0 Å². The Hall–Kier alpha value is -1.91. The predicted octanol–water partition coefficient (Wildman–Crippen LogP) is 3.27. The lowest BCUT2D eigenvalue weighted by Crippen LogP contribution is -2.35. The molecule has 2 aromatic carbocycles. The zero-order valence-electron chi connectivity index (χ0n) is 13.1. The Morgan fingerprint density at radius 2 is 1.70 bits per heavy atom. The Bertz CT molecular complexity index is 628. The Morgan fingerprint density at radius 3 is 2.35 bits per heavy atom. The number of rotatable bonds is 7. The molecule has 0 radical (unpaired) electrons. The van der Waals surface area contributed by atoms with E-state index in [1.807, 2.05) is 36.2 Å². The molecule has 0 spiro atoms. The lowest BCUT2D eigenvalue weighted by molar-refractivity contribution is -0.122. The van der Waals surface area contributed by atoms with Gasteiger partial charge in [-0.1, -0.05) is 35.9 Å². The van der Waals surface area contributed by atoms with Crippen molar-refractivity contribution in [2.75, 3.05) is 20.1 Å². The van der Waals surface area contributed by atoms with Crippen LogP contribution in [0.15, 0.2) is 48.5 Å². The van der Waals surface area contributed by atoms with Crippen LogP contribution in [0.4, 0.5) is 4.39 Å². The van der Waals surface area contributed by atoms with Crippen LogP contribution < -0.4 is 5.32 Å². The average Bonchev–Trinajstić information content (AvgIpc) is 2.51. The molecule has 0 aliphatic heterocycles. The summed E-state index contributed by atoms with van der Waals surface area (Å²) in [5.41, 5.74) is 2.11. The van der Waals surface area contributed by atoms with Gasteiger partial charge in [-0.3, -0.25) is 9.69 Å². The highest BCUT2D eigenvalue weighted by molar-refractivity contribution is 6.30. The minimum absolute atomic E-state index is 0.0245. The van der Waals surface area contributed by atoms with Crippen LogP contribution in [0.2, 0.25) is 5.02 Å². The van der Waals surface area contributed by atoms with Gasteiger partial charge in [0.15, 0.2) is 0 Å². The molecule has 0 bridgehead atoms. The number of nitrogens with zero attached hydrogens (tertiary/aromatic N) is 1. The van der Waals surface area contributed by atoms with Crippen molar-refractivity contribution in [1.82, 2.24) is 10.2 Å². The molecule has 0 unspecified atom stereocenters. The van der Waals surface area contributed by atoms with Gasteiger partial charge in [-0.15, -0.1) is 0 Å². The van der Waals surface area contributed by atoms with Crippen molar-refractivity contribution in [1.29, 1.82) is 0 Å². The summed E-state index contributed by atoms with van der Waals surface area (Å²) in [7, 11) is 1.86. The summed E-state index contributed by atoms with van der Waals surface area (Å²) < 4.78 is 12.9. The summed E-state index contributed by atoms with van der Waals surface area (Å²) in [6.07, 6.45) is 0.768. The van der Waals surface area contributed by atoms with E-state index in [1.165, 1.54) is 12.1 Å². The molecule has 122 valence electrons. The lowest BCUT2D eigenvalue weighted by atomic mass is 10.1. The van der Waals surface area contributed by atoms with Gasteiger partial charge in [0, 0.05) is 18.1 Å². The van der Waals surface area contributed by atoms with Gasteiger partial charge in [-0.25, -0.2) is 4.39 Å². The van der Waals surface area contributed by atoms with Crippen molar-refractivity contribution >= 4 is 17.5 Å². The van der Waals surface area contributed by atoms with Crippen molar-refractivity contribution in [2.24, 2.45) is 0 Å². The number of nitrogens with one attached hydrogen (secondary N) is 1. The quantitative estimate of drug-likeness (QED) is 0.843. The monoisotopic (exact) mass is 334 g/mol. The number of carbonyl (C=O) groups excluding carboxylic acids is 1. The SMILES string of the molecule is CN(CC(=O)NCCc1ccc(Cl)cc1)Cc1ccc(F)cc1. The summed E-state index contributed by atoms with van der Waals surface area (Å²) >= 11 is 5.83. The molecule has 2 rings (SSSR count). The van der Waals surface area contributed by atoms with Gasteiger partial charge in [0.1, 0.15) is 5.82 Å². The second kappa shape index (κ2) is 8.65. The Kier molecular flexibility index (Phi) is 6.56. The molecule has 1 amide bonds. The molecule has 0 aromatic heterocycles. The van der Waals surface area contributed by atoms with E-state index < -0.39 is 0 Å². The largest absolute Gasteiger partial charge is 0.355 e. The number of carbonyl (C=O) groups is 1. The standard InChI is InChI=1S/C18H20ClFN2O/c1-22(12-15-4-8-17(20)9-5-15)13-18(23)21-11-10-14-2-6-16(19)7-3-14/h2-9H,10-13H2,1H3,(H,21,23). The molecule has 0 atom stereocenters. The van der Waals surface area contributed by atoms with E-state index in [0.29, 0.717) is 24.7 Å². The van der Waals surface area contributed by atoms with Crippen LogP contribution >= 0.6 is 11.6 Å².